The lowest BCUT2D eigenvalue weighted by Gasteiger charge is -2.19. The summed E-state index contributed by atoms with van der Waals surface area (Å²) in [5.74, 6) is 0.485. The normalized spacial score (nSPS) is 12.3. The average molecular weight is 440 g/mol. The number of rotatable bonds is 4. The summed E-state index contributed by atoms with van der Waals surface area (Å²) in [6.07, 6.45) is 0. The molecular weight excluding hydrogens is 410 g/mol. The molecule has 0 aliphatic carbocycles. The summed E-state index contributed by atoms with van der Waals surface area (Å²) < 4.78 is 1.30. The van der Waals surface area contributed by atoms with Crippen LogP contribution in [0.15, 0.2) is 66.7 Å². The Kier molecular flexibility index (Phi) is 5.13. The molecule has 2 aromatic heterocycles. The second-order valence-corrected chi connectivity index (χ2v) is 11.1. The van der Waals surface area contributed by atoms with Crippen LogP contribution < -0.4 is 0 Å². The van der Waals surface area contributed by atoms with Gasteiger partial charge in [0.15, 0.2) is 0 Å². The van der Waals surface area contributed by atoms with Crippen molar-refractivity contribution in [3.63, 3.8) is 0 Å². The first-order valence-electron chi connectivity index (χ1n) is 11.3. The van der Waals surface area contributed by atoms with E-state index >= 15 is 0 Å². The van der Waals surface area contributed by atoms with Gasteiger partial charge in [-0.3, -0.25) is 0 Å². The van der Waals surface area contributed by atoms with Crippen molar-refractivity contribution < 1.29 is 0 Å². The molecule has 0 N–H and O–H groups in total. The van der Waals surface area contributed by atoms with Crippen LogP contribution in [-0.2, 0) is 12.0 Å². The van der Waals surface area contributed by atoms with E-state index in [1.165, 1.54) is 26.1 Å². The summed E-state index contributed by atoms with van der Waals surface area (Å²) in [6, 6.07) is 24.2. The number of benzene rings is 3. The van der Waals surface area contributed by atoms with Gasteiger partial charge < -0.3 is 0 Å². The zero-order chi connectivity index (χ0) is 22.5. The molecule has 162 valence electrons. The number of hydrogen-bond donors (Lipinski definition) is 0. The summed E-state index contributed by atoms with van der Waals surface area (Å²) in [4.78, 5) is 3.11. The summed E-state index contributed by atoms with van der Waals surface area (Å²) in [6.45, 7) is 12.0. The Bertz CT molecular complexity index is 1370. The molecule has 3 nitrogen and oxygen atoms in total. The number of aromatic nitrogens is 3. The highest BCUT2D eigenvalue weighted by atomic mass is 32.1. The molecular formula is C28H29N3S. The predicted octanol–water partition coefficient (Wildman–Crippen LogP) is 7.93. The van der Waals surface area contributed by atoms with Crippen LogP contribution in [0.25, 0.3) is 42.7 Å². The predicted molar refractivity (Wildman–Crippen MR) is 137 cm³/mol. The van der Waals surface area contributed by atoms with Gasteiger partial charge in [0.25, 0.3) is 0 Å². The Balaban J connectivity index is 1.68. The highest BCUT2D eigenvalue weighted by molar-refractivity contribution is 7.22. The zero-order valence-corrected chi connectivity index (χ0v) is 20.2. The van der Waals surface area contributed by atoms with E-state index in [0.29, 0.717) is 5.92 Å². The zero-order valence-electron chi connectivity index (χ0n) is 19.4. The van der Waals surface area contributed by atoms with Gasteiger partial charge in [0.05, 0.1) is 6.54 Å². The van der Waals surface area contributed by atoms with Gasteiger partial charge in [0.2, 0.25) is 0 Å². The maximum atomic E-state index is 4.95. The monoisotopic (exact) mass is 439 g/mol. The van der Waals surface area contributed by atoms with Gasteiger partial charge in [-0.15, -0.1) is 11.3 Å². The molecule has 0 amide bonds. The van der Waals surface area contributed by atoms with Crippen molar-refractivity contribution in [2.24, 2.45) is 5.92 Å². The first kappa shape index (κ1) is 20.9. The molecule has 0 atom stereocenters. The molecule has 0 spiro atoms. The first-order chi connectivity index (χ1) is 15.3. The molecule has 0 radical (unpaired) electrons. The van der Waals surface area contributed by atoms with Crippen LogP contribution in [0.5, 0.6) is 0 Å². The number of hydrogen-bond acceptors (Lipinski definition) is 3. The average Bonchev–Trinajstić information content (AvgIpc) is 3.36. The standard InChI is InChI=1S/C28H29N3S/c1-18(2)17-31-29-26-22(19-10-12-21(13-11-19)28(3,4)5)14-15-23(27(26)30-31)25-16-20-8-6-7-9-24(20)32-25/h6-16,18H,17H2,1-5H3. The SMILES string of the molecule is CC(C)Cn1nc2c(-c3ccc(C(C)(C)C)cc3)ccc(-c3cc4ccccc4s3)c2n1. The van der Waals surface area contributed by atoms with Crippen LogP contribution in [0.3, 0.4) is 0 Å². The van der Waals surface area contributed by atoms with Gasteiger partial charge in [-0.2, -0.15) is 15.0 Å². The van der Waals surface area contributed by atoms with E-state index in [-0.39, 0.29) is 5.41 Å². The third kappa shape index (κ3) is 3.84. The van der Waals surface area contributed by atoms with Crippen molar-refractivity contribution in [1.82, 2.24) is 15.0 Å². The second kappa shape index (κ2) is 7.86. The van der Waals surface area contributed by atoms with Gasteiger partial charge >= 0.3 is 0 Å². The molecule has 0 fully saturated rings. The van der Waals surface area contributed by atoms with Crippen LogP contribution in [0, 0.1) is 5.92 Å². The van der Waals surface area contributed by atoms with E-state index in [1.54, 1.807) is 0 Å². The lowest BCUT2D eigenvalue weighted by atomic mass is 9.86. The maximum absolute atomic E-state index is 4.95. The molecule has 4 heteroatoms. The molecule has 3 aromatic carbocycles. The minimum Gasteiger partial charge on any atom is -0.183 e. The van der Waals surface area contributed by atoms with E-state index < -0.39 is 0 Å². The maximum Gasteiger partial charge on any atom is 0.122 e. The van der Waals surface area contributed by atoms with Crippen molar-refractivity contribution in [2.45, 2.75) is 46.6 Å². The fourth-order valence-electron chi connectivity index (χ4n) is 4.14. The molecule has 0 aliphatic heterocycles. The quantitative estimate of drug-likeness (QED) is 0.285. The van der Waals surface area contributed by atoms with Gasteiger partial charge in [-0.25, -0.2) is 0 Å². The largest absolute Gasteiger partial charge is 0.183 e. The van der Waals surface area contributed by atoms with E-state index in [9.17, 15) is 0 Å². The van der Waals surface area contributed by atoms with Crippen LogP contribution in [0.4, 0.5) is 0 Å². The molecule has 0 unspecified atom stereocenters. The Morgan fingerprint density at radius 3 is 2.16 bits per heavy atom. The Labute approximate surface area is 193 Å². The lowest BCUT2D eigenvalue weighted by Crippen LogP contribution is -2.10. The molecule has 32 heavy (non-hydrogen) atoms. The fourth-order valence-corrected chi connectivity index (χ4v) is 5.23. The molecule has 0 saturated heterocycles. The van der Waals surface area contributed by atoms with Crippen LogP contribution in [0.1, 0.15) is 40.2 Å². The van der Waals surface area contributed by atoms with E-state index in [2.05, 4.69) is 101 Å². The Hall–Kier alpha value is -2.98. The van der Waals surface area contributed by atoms with Gasteiger partial charge in [-0.05, 0) is 40.0 Å². The summed E-state index contributed by atoms with van der Waals surface area (Å²) >= 11 is 1.82. The smallest absolute Gasteiger partial charge is 0.122 e. The number of nitrogens with zero attached hydrogens (tertiary/aromatic N) is 3. The van der Waals surface area contributed by atoms with Crippen LogP contribution in [0.2, 0.25) is 0 Å². The van der Waals surface area contributed by atoms with E-state index in [0.717, 1.165) is 28.7 Å². The van der Waals surface area contributed by atoms with Gasteiger partial charge in [0, 0.05) is 20.7 Å². The third-order valence-corrected chi connectivity index (χ3v) is 7.01. The molecule has 5 aromatic rings. The molecule has 0 bridgehead atoms. The number of thiophene rings is 1. The van der Waals surface area contributed by atoms with E-state index in [1.807, 2.05) is 16.1 Å². The Morgan fingerprint density at radius 1 is 0.844 bits per heavy atom. The number of fused-ring (bicyclic) bond motifs is 2. The highest BCUT2D eigenvalue weighted by Gasteiger charge is 2.18. The van der Waals surface area contributed by atoms with Crippen molar-refractivity contribution in [3.8, 4) is 21.6 Å². The summed E-state index contributed by atoms with van der Waals surface area (Å²) in [5.41, 5.74) is 6.91. The van der Waals surface area contributed by atoms with E-state index in [4.69, 9.17) is 10.2 Å². The molecule has 0 saturated carbocycles. The summed E-state index contributed by atoms with van der Waals surface area (Å²) in [5, 5.41) is 11.2. The van der Waals surface area contributed by atoms with Crippen molar-refractivity contribution in [3.05, 3.63) is 72.3 Å². The summed E-state index contributed by atoms with van der Waals surface area (Å²) in [7, 11) is 0. The third-order valence-electron chi connectivity index (χ3n) is 5.86. The second-order valence-electron chi connectivity index (χ2n) is 9.98. The molecule has 2 heterocycles. The van der Waals surface area contributed by atoms with Gasteiger partial charge in [-0.1, -0.05) is 89.2 Å². The Morgan fingerprint density at radius 2 is 1.50 bits per heavy atom. The minimum absolute atomic E-state index is 0.138. The first-order valence-corrected chi connectivity index (χ1v) is 12.1. The topological polar surface area (TPSA) is 30.7 Å². The van der Waals surface area contributed by atoms with Crippen LogP contribution in [-0.4, -0.2) is 15.0 Å². The fraction of sp³-hybridized carbons (Fsp3) is 0.286. The molecule has 0 aliphatic rings. The van der Waals surface area contributed by atoms with Crippen molar-refractivity contribution >= 4 is 32.5 Å². The van der Waals surface area contributed by atoms with Crippen molar-refractivity contribution in [1.29, 1.82) is 0 Å². The minimum atomic E-state index is 0.138. The van der Waals surface area contributed by atoms with Crippen LogP contribution >= 0.6 is 11.3 Å². The van der Waals surface area contributed by atoms with Gasteiger partial charge in [0.1, 0.15) is 11.0 Å². The lowest BCUT2D eigenvalue weighted by molar-refractivity contribution is 0.442. The van der Waals surface area contributed by atoms with Crippen molar-refractivity contribution in [2.75, 3.05) is 0 Å². The highest BCUT2D eigenvalue weighted by Crippen LogP contribution is 2.39. The molecule has 5 rings (SSSR count).